The van der Waals surface area contributed by atoms with E-state index >= 15 is 0 Å². The van der Waals surface area contributed by atoms with E-state index in [0.717, 1.165) is 5.56 Å². The van der Waals surface area contributed by atoms with E-state index < -0.39 is 6.10 Å². The van der Waals surface area contributed by atoms with E-state index in [1.807, 2.05) is 24.3 Å². The molecule has 1 N–H and O–H groups in total. The molecule has 0 fully saturated rings. The summed E-state index contributed by atoms with van der Waals surface area (Å²) < 4.78 is 5.18. The molecule has 1 aromatic heterocycles. The average Bonchev–Trinajstić information content (AvgIpc) is 2.81. The van der Waals surface area contributed by atoms with Gasteiger partial charge in [-0.1, -0.05) is 38.1 Å². The highest BCUT2D eigenvalue weighted by Gasteiger charge is 2.12. The Morgan fingerprint density at radius 3 is 2.12 bits per heavy atom. The number of aliphatic hydroxyl groups excluding tert-OH is 1. The van der Waals surface area contributed by atoms with Crippen LogP contribution in [0.2, 0.25) is 0 Å². The summed E-state index contributed by atoms with van der Waals surface area (Å²) in [6.07, 6.45) is 0.900. The summed E-state index contributed by atoms with van der Waals surface area (Å²) in [4.78, 5) is 0. The maximum atomic E-state index is 10.0. The molecule has 1 heterocycles. The molecule has 0 aliphatic heterocycles. The normalized spacial score (nSPS) is 13.0. The smallest absolute Gasteiger partial charge is 0.137 e. The van der Waals surface area contributed by atoms with Crippen molar-refractivity contribution in [3.8, 4) is 0 Å². The molecule has 0 aliphatic carbocycles. The zero-order valence-corrected chi connectivity index (χ0v) is 9.55. The first-order chi connectivity index (χ1) is 7.68. The van der Waals surface area contributed by atoms with E-state index in [2.05, 4.69) is 13.8 Å². The lowest BCUT2D eigenvalue weighted by molar-refractivity contribution is 0.189. The first-order valence-corrected chi connectivity index (χ1v) is 5.50. The molecule has 1 aromatic carbocycles. The van der Waals surface area contributed by atoms with E-state index in [-0.39, 0.29) is 0 Å². The third kappa shape index (κ3) is 2.17. The SMILES string of the molecule is CC(C)c1ccc([C@H](O)c2ccco2)cc1. The van der Waals surface area contributed by atoms with Crippen molar-refractivity contribution < 1.29 is 9.52 Å². The van der Waals surface area contributed by atoms with E-state index in [1.165, 1.54) is 5.56 Å². The Bertz CT molecular complexity index is 426. The van der Waals surface area contributed by atoms with E-state index in [1.54, 1.807) is 18.4 Å². The van der Waals surface area contributed by atoms with Crippen LogP contribution in [0.4, 0.5) is 0 Å². The minimum atomic E-state index is -0.670. The Hall–Kier alpha value is -1.54. The zero-order chi connectivity index (χ0) is 11.5. The molecule has 0 saturated heterocycles. The molecular formula is C14H16O2. The number of rotatable bonds is 3. The van der Waals surface area contributed by atoms with Gasteiger partial charge in [0.2, 0.25) is 0 Å². The fourth-order valence-corrected chi connectivity index (χ4v) is 1.67. The molecule has 0 saturated carbocycles. The van der Waals surface area contributed by atoms with Gasteiger partial charge in [-0.05, 0) is 29.2 Å². The summed E-state index contributed by atoms with van der Waals surface area (Å²) in [5, 5.41) is 10.0. The van der Waals surface area contributed by atoms with Crippen molar-refractivity contribution in [1.29, 1.82) is 0 Å². The Kier molecular flexibility index (Phi) is 3.11. The van der Waals surface area contributed by atoms with E-state index in [0.29, 0.717) is 11.7 Å². The van der Waals surface area contributed by atoms with Gasteiger partial charge in [0.25, 0.3) is 0 Å². The Morgan fingerprint density at radius 2 is 1.62 bits per heavy atom. The summed E-state index contributed by atoms with van der Waals surface area (Å²) in [5.41, 5.74) is 2.13. The lowest BCUT2D eigenvalue weighted by atomic mass is 9.99. The highest BCUT2D eigenvalue weighted by Crippen LogP contribution is 2.24. The van der Waals surface area contributed by atoms with Gasteiger partial charge in [-0.15, -0.1) is 0 Å². The fourth-order valence-electron chi connectivity index (χ4n) is 1.67. The molecule has 2 heteroatoms. The van der Waals surface area contributed by atoms with Gasteiger partial charge in [-0.2, -0.15) is 0 Å². The molecule has 2 rings (SSSR count). The van der Waals surface area contributed by atoms with E-state index in [9.17, 15) is 5.11 Å². The Balaban J connectivity index is 2.22. The largest absolute Gasteiger partial charge is 0.466 e. The monoisotopic (exact) mass is 216 g/mol. The lowest BCUT2D eigenvalue weighted by Crippen LogP contribution is -1.98. The van der Waals surface area contributed by atoms with Gasteiger partial charge in [-0.3, -0.25) is 0 Å². The standard InChI is InChI=1S/C14H16O2/c1-10(2)11-5-7-12(8-6-11)14(15)13-4-3-9-16-13/h3-10,14-15H,1-2H3/t14-/m0/s1. The molecule has 0 amide bonds. The van der Waals surface area contributed by atoms with Gasteiger partial charge in [0.1, 0.15) is 11.9 Å². The molecule has 84 valence electrons. The van der Waals surface area contributed by atoms with Crippen molar-refractivity contribution in [2.24, 2.45) is 0 Å². The second-order valence-electron chi connectivity index (χ2n) is 4.24. The topological polar surface area (TPSA) is 33.4 Å². The molecule has 0 unspecified atom stereocenters. The second-order valence-corrected chi connectivity index (χ2v) is 4.24. The highest BCUT2D eigenvalue weighted by atomic mass is 16.4. The number of hydrogen-bond donors (Lipinski definition) is 1. The summed E-state index contributed by atoms with van der Waals surface area (Å²) in [6.45, 7) is 4.30. The molecule has 2 nitrogen and oxygen atoms in total. The van der Waals surface area contributed by atoms with Crippen LogP contribution >= 0.6 is 0 Å². The molecule has 0 spiro atoms. The van der Waals surface area contributed by atoms with Crippen LogP contribution in [0.3, 0.4) is 0 Å². The van der Waals surface area contributed by atoms with Gasteiger partial charge < -0.3 is 9.52 Å². The molecule has 16 heavy (non-hydrogen) atoms. The summed E-state index contributed by atoms with van der Waals surface area (Å²) in [7, 11) is 0. The van der Waals surface area contributed by atoms with Crippen LogP contribution in [-0.2, 0) is 0 Å². The van der Waals surface area contributed by atoms with Gasteiger partial charge in [0, 0.05) is 0 Å². The maximum Gasteiger partial charge on any atom is 0.137 e. The fraction of sp³-hybridized carbons (Fsp3) is 0.286. The predicted molar refractivity (Wildman–Crippen MR) is 63.3 cm³/mol. The van der Waals surface area contributed by atoms with Gasteiger partial charge in [-0.25, -0.2) is 0 Å². The lowest BCUT2D eigenvalue weighted by Gasteiger charge is -2.10. The summed E-state index contributed by atoms with van der Waals surface area (Å²) >= 11 is 0. The minimum Gasteiger partial charge on any atom is -0.466 e. The number of aliphatic hydroxyl groups is 1. The van der Waals surface area contributed by atoms with Crippen molar-refractivity contribution >= 4 is 0 Å². The molecule has 0 radical (unpaired) electrons. The molecule has 0 bridgehead atoms. The predicted octanol–water partition coefficient (Wildman–Crippen LogP) is 3.48. The van der Waals surface area contributed by atoms with Crippen LogP contribution in [0.25, 0.3) is 0 Å². The summed E-state index contributed by atoms with van der Waals surface area (Å²) in [5.74, 6) is 1.09. The maximum absolute atomic E-state index is 10.0. The van der Waals surface area contributed by atoms with Gasteiger partial charge in [0.05, 0.1) is 6.26 Å². The highest BCUT2D eigenvalue weighted by molar-refractivity contribution is 5.29. The quantitative estimate of drug-likeness (QED) is 0.852. The van der Waals surface area contributed by atoms with Crippen LogP contribution in [0, 0.1) is 0 Å². The summed E-state index contributed by atoms with van der Waals surface area (Å²) in [6, 6.07) is 11.5. The van der Waals surface area contributed by atoms with Gasteiger partial charge >= 0.3 is 0 Å². The molecule has 1 atom stereocenters. The third-order valence-electron chi connectivity index (χ3n) is 2.73. The van der Waals surface area contributed by atoms with Crippen LogP contribution in [0.5, 0.6) is 0 Å². The first-order valence-electron chi connectivity index (χ1n) is 5.50. The van der Waals surface area contributed by atoms with Gasteiger partial charge in [0.15, 0.2) is 0 Å². The van der Waals surface area contributed by atoms with Crippen molar-refractivity contribution in [2.75, 3.05) is 0 Å². The molecule has 0 aliphatic rings. The van der Waals surface area contributed by atoms with Crippen LogP contribution in [0.1, 0.15) is 42.8 Å². The van der Waals surface area contributed by atoms with Crippen LogP contribution < -0.4 is 0 Å². The third-order valence-corrected chi connectivity index (χ3v) is 2.73. The average molecular weight is 216 g/mol. The number of hydrogen-bond acceptors (Lipinski definition) is 2. The van der Waals surface area contributed by atoms with E-state index in [4.69, 9.17) is 4.42 Å². The first kappa shape index (κ1) is 11.0. The number of furan rings is 1. The molecular weight excluding hydrogens is 200 g/mol. The zero-order valence-electron chi connectivity index (χ0n) is 9.55. The van der Waals surface area contributed by atoms with Crippen molar-refractivity contribution in [3.63, 3.8) is 0 Å². The Labute approximate surface area is 95.5 Å². The van der Waals surface area contributed by atoms with Crippen molar-refractivity contribution in [3.05, 3.63) is 59.5 Å². The second kappa shape index (κ2) is 4.54. The van der Waals surface area contributed by atoms with Crippen molar-refractivity contribution in [2.45, 2.75) is 25.9 Å². The Morgan fingerprint density at radius 1 is 1.00 bits per heavy atom. The van der Waals surface area contributed by atoms with Crippen LogP contribution in [0.15, 0.2) is 47.1 Å². The minimum absolute atomic E-state index is 0.509. The van der Waals surface area contributed by atoms with Crippen molar-refractivity contribution in [1.82, 2.24) is 0 Å². The molecule has 2 aromatic rings. The number of benzene rings is 1. The van der Waals surface area contributed by atoms with Crippen LogP contribution in [-0.4, -0.2) is 5.11 Å².